The Morgan fingerprint density at radius 1 is 1.03 bits per heavy atom. The fraction of sp³-hybridized carbons (Fsp3) is 0.526. The number of aliphatic hydroxyl groups is 1. The molecule has 2 rings (SSSR count). The van der Waals surface area contributed by atoms with Gasteiger partial charge in [0.25, 0.3) is 0 Å². The number of halogens is 3. The van der Waals surface area contributed by atoms with Gasteiger partial charge in [-0.3, -0.25) is 4.72 Å². The highest BCUT2D eigenvalue weighted by atomic mass is 32.2. The zero-order valence-corrected chi connectivity index (χ0v) is 18.5. The number of sulfonamides is 1. The Bertz CT molecular complexity index is 1020. The molecule has 0 aliphatic heterocycles. The lowest BCUT2D eigenvalue weighted by molar-refractivity contribution is 0.259. The van der Waals surface area contributed by atoms with Crippen LogP contribution in [-0.2, 0) is 16.4 Å². The fourth-order valence-corrected chi connectivity index (χ4v) is 3.45. The predicted octanol–water partition coefficient (Wildman–Crippen LogP) is 2.83. The third kappa shape index (κ3) is 7.31. The topological polar surface area (TPSA) is 117 Å². The Labute approximate surface area is 179 Å². The van der Waals surface area contributed by atoms with Crippen LogP contribution in [0.4, 0.5) is 25.1 Å². The molecule has 0 aliphatic rings. The van der Waals surface area contributed by atoms with E-state index in [2.05, 4.69) is 25.0 Å². The van der Waals surface area contributed by atoms with E-state index in [0.29, 0.717) is 6.42 Å². The highest BCUT2D eigenvalue weighted by molar-refractivity contribution is 7.91. The van der Waals surface area contributed by atoms with Crippen molar-refractivity contribution in [1.29, 1.82) is 0 Å². The standard InChI is InChI=1S/C19H26F3N5O3S/c1-10(2)7-12(9-28)23-18-24-15(25-19(26-18)27-31(4,29)30)8-11(3)13-5-6-14(20)17(22)16(13)21/h5-6,10-12,28H,7-9H2,1-4H3,(H2,23,24,25,26,27). The van der Waals surface area contributed by atoms with E-state index in [1.165, 1.54) is 0 Å². The molecule has 1 aromatic carbocycles. The SMILES string of the molecule is CC(C)CC(CO)Nc1nc(CC(C)c2ccc(F)c(F)c2F)nc(NS(C)(=O)=O)n1. The van der Waals surface area contributed by atoms with Crippen LogP contribution in [0.1, 0.15) is 44.5 Å². The van der Waals surface area contributed by atoms with Gasteiger partial charge in [0.05, 0.1) is 18.9 Å². The van der Waals surface area contributed by atoms with Crippen LogP contribution in [0.15, 0.2) is 12.1 Å². The summed E-state index contributed by atoms with van der Waals surface area (Å²) < 4.78 is 66.3. The van der Waals surface area contributed by atoms with Gasteiger partial charge in [0, 0.05) is 6.42 Å². The van der Waals surface area contributed by atoms with E-state index in [4.69, 9.17) is 0 Å². The Kier molecular flexibility index (Phi) is 8.18. The molecule has 0 radical (unpaired) electrons. The molecule has 0 spiro atoms. The number of hydrogen-bond acceptors (Lipinski definition) is 7. The van der Waals surface area contributed by atoms with Crippen molar-refractivity contribution < 1.29 is 26.7 Å². The predicted molar refractivity (Wildman–Crippen MR) is 111 cm³/mol. The molecule has 3 N–H and O–H groups in total. The molecule has 1 heterocycles. The van der Waals surface area contributed by atoms with Gasteiger partial charge < -0.3 is 10.4 Å². The second-order valence-electron chi connectivity index (χ2n) is 7.80. The second-order valence-corrected chi connectivity index (χ2v) is 9.54. The molecule has 0 saturated carbocycles. The van der Waals surface area contributed by atoms with Gasteiger partial charge in [-0.1, -0.05) is 26.8 Å². The number of nitrogens with one attached hydrogen (secondary N) is 2. The lowest BCUT2D eigenvalue weighted by Gasteiger charge is -2.19. The molecule has 2 aromatic rings. The number of hydrogen-bond donors (Lipinski definition) is 3. The van der Waals surface area contributed by atoms with E-state index >= 15 is 0 Å². The van der Waals surface area contributed by atoms with Crippen molar-refractivity contribution in [2.24, 2.45) is 5.92 Å². The summed E-state index contributed by atoms with van der Waals surface area (Å²) in [7, 11) is -3.69. The van der Waals surface area contributed by atoms with Crippen LogP contribution in [0.5, 0.6) is 0 Å². The van der Waals surface area contributed by atoms with Crippen LogP contribution in [0.2, 0.25) is 0 Å². The van der Waals surface area contributed by atoms with Crippen LogP contribution in [0.3, 0.4) is 0 Å². The summed E-state index contributed by atoms with van der Waals surface area (Å²) in [5.41, 5.74) is -0.0699. The molecule has 2 unspecified atom stereocenters. The van der Waals surface area contributed by atoms with Gasteiger partial charge in [0.15, 0.2) is 17.5 Å². The maximum Gasteiger partial charge on any atom is 0.241 e. The molecule has 0 amide bonds. The lowest BCUT2D eigenvalue weighted by Crippen LogP contribution is -2.27. The Balaban J connectivity index is 2.36. The number of nitrogens with zero attached hydrogens (tertiary/aromatic N) is 3. The summed E-state index contributed by atoms with van der Waals surface area (Å²) in [6.07, 6.45) is 1.52. The molecule has 0 aliphatic carbocycles. The molecule has 0 fully saturated rings. The van der Waals surface area contributed by atoms with Gasteiger partial charge in [-0.2, -0.15) is 15.0 Å². The minimum absolute atomic E-state index is 0.00833. The maximum atomic E-state index is 14.1. The molecule has 1 aromatic heterocycles. The third-order valence-electron chi connectivity index (χ3n) is 4.35. The highest BCUT2D eigenvalue weighted by Gasteiger charge is 2.21. The summed E-state index contributed by atoms with van der Waals surface area (Å²) in [6, 6.07) is 1.58. The van der Waals surface area contributed by atoms with E-state index in [0.717, 1.165) is 18.4 Å². The van der Waals surface area contributed by atoms with Gasteiger partial charge >= 0.3 is 0 Å². The van der Waals surface area contributed by atoms with Crippen molar-refractivity contribution in [1.82, 2.24) is 15.0 Å². The van der Waals surface area contributed by atoms with E-state index in [1.54, 1.807) is 6.92 Å². The quantitative estimate of drug-likeness (QED) is 0.466. The first kappa shape index (κ1) is 24.8. The van der Waals surface area contributed by atoms with Crippen LogP contribution < -0.4 is 10.0 Å². The lowest BCUT2D eigenvalue weighted by atomic mass is 9.96. The Morgan fingerprint density at radius 2 is 1.68 bits per heavy atom. The highest BCUT2D eigenvalue weighted by Crippen LogP contribution is 2.25. The minimum Gasteiger partial charge on any atom is -0.394 e. The monoisotopic (exact) mass is 461 g/mol. The summed E-state index contributed by atoms with van der Waals surface area (Å²) in [5, 5.41) is 12.5. The first-order valence-corrected chi connectivity index (χ1v) is 11.5. The van der Waals surface area contributed by atoms with Gasteiger partial charge in [-0.15, -0.1) is 0 Å². The van der Waals surface area contributed by atoms with Crippen molar-refractivity contribution in [2.45, 2.75) is 45.6 Å². The fourth-order valence-electron chi connectivity index (χ4n) is 3.02. The smallest absolute Gasteiger partial charge is 0.241 e. The molecule has 31 heavy (non-hydrogen) atoms. The zero-order valence-electron chi connectivity index (χ0n) is 17.7. The molecular weight excluding hydrogens is 435 g/mol. The maximum absolute atomic E-state index is 14.1. The normalized spacial score (nSPS) is 13.8. The molecular formula is C19H26F3N5O3S. The second kappa shape index (κ2) is 10.2. The number of benzene rings is 1. The molecule has 12 heteroatoms. The van der Waals surface area contributed by atoms with E-state index in [1.807, 2.05) is 13.8 Å². The summed E-state index contributed by atoms with van der Waals surface area (Å²) in [6.45, 7) is 5.31. The molecule has 2 atom stereocenters. The van der Waals surface area contributed by atoms with Gasteiger partial charge in [0.2, 0.25) is 21.9 Å². The minimum atomic E-state index is -3.69. The van der Waals surface area contributed by atoms with Crippen LogP contribution >= 0.6 is 0 Å². The van der Waals surface area contributed by atoms with Crippen LogP contribution in [0.25, 0.3) is 0 Å². The van der Waals surface area contributed by atoms with Crippen molar-refractivity contribution in [3.63, 3.8) is 0 Å². The zero-order chi connectivity index (χ0) is 23.3. The third-order valence-corrected chi connectivity index (χ3v) is 4.91. The van der Waals surface area contributed by atoms with Gasteiger partial charge in [-0.25, -0.2) is 21.6 Å². The summed E-state index contributed by atoms with van der Waals surface area (Å²) >= 11 is 0. The van der Waals surface area contributed by atoms with Crippen LogP contribution in [-0.4, -0.2) is 47.4 Å². The van der Waals surface area contributed by atoms with Gasteiger partial charge in [-0.05, 0) is 29.9 Å². The van der Waals surface area contributed by atoms with E-state index in [-0.39, 0.29) is 48.3 Å². The number of aliphatic hydroxyl groups excluding tert-OH is 1. The Morgan fingerprint density at radius 3 is 2.26 bits per heavy atom. The molecule has 0 saturated heterocycles. The van der Waals surface area contributed by atoms with Crippen molar-refractivity contribution >= 4 is 21.9 Å². The van der Waals surface area contributed by atoms with Crippen LogP contribution in [0, 0.1) is 23.4 Å². The summed E-state index contributed by atoms with van der Waals surface area (Å²) in [4.78, 5) is 12.3. The van der Waals surface area contributed by atoms with Crippen molar-refractivity contribution in [3.8, 4) is 0 Å². The van der Waals surface area contributed by atoms with E-state index < -0.39 is 33.4 Å². The van der Waals surface area contributed by atoms with Gasteiger partial charge in [0.1, 0.15) is 5.82 Å². The summed E-state index contributed by atoms with van der Waals surface area (Å²) in [5.74, 6) is -4.69. The first-order valence-electron chi connectivity index (χ1n) is 9.63. The Hall–Kier alpha value is -2.47. The number of anilines is 2. The van der Waals surface area contributed by atoms with Crippen molar-refractivity contribution in [2.75, 3.05) is 22.9 Å². The number of rotatable bonds is 10. The average Bonchev–Trinajstić information content (AvgIpc) is 2.63. The number of aromatic nitrogens is 3. The molecule has 172 valence electrons. The molecule has 0 bridgehead atoms. The van der Waals surface area contributed by atoms with Crippen molar-refractivity contribution in [3.05, 3.63) is 41.0 Å². The average molecular weight is 462 g/mol. The largest absolute Gasteiger partial charge is 0.394 e. The van der Waals surface area contributed by atoms with E-state index in [9.17, 15) is 26.7 Å². The first-order chi connectivity index (χ1) is 14.4. The molecule has 8 nitrogen and oxygen atoms in total.